The van der Waals surface area contributed by atoms with Crippen LogP contribution in [0.1, 0.15) is 75.6 Å². The Balaban J connectivity index is 1.11. The van der Waals surface area contributed by atoms with Crippen molar-refractivity contribution in [1.82, 2.24) is 19.6 Å². The van der Waals surface area contributed by atoms with Crippen LogP contribution < -0.4 is 9.64 Å². The van der Waals surface area contributed by atoms with Gasteiger partial charge in [0.1, 0.15) is 34.7 Å². The van der Waals surface area contributed by atoms with Gasteiger partial charge in [-0.15, -0.1) is 0 Å². The second kappa shape index (κ2) is 16.6. The number of benzene rings is 3. The molecule has 0 unspecified atom stereocenters. The predicted molar refractivity (Wildman–Crippen MR) is 211 cm³/mol. The first-order chi connectivity index (χ1) is 26.8. The van der Waals surface area contributed by atoms with E-state index >= 15 is 0 Å². The van der Waals surface area contributed by atoms with Crippen LogP contribution in [0.4, 0.5) is 24.1 Å². The maximum Gasteiger partial charge on any atom is 0.410 e. The second-order valence-corrected chi connectivity index (χ2v) is 16.9. The number of amides is 4. The number of likely N-dealkylation sites (tertiary alicyclic amines) is 1. The normalized spacial score (nSPS) is 19.1. The topological polar surface area (TPSA) is 112 Å². The molecular formula is C43H53F2N5O7. The number of carbonyl (C=O) groups is 4. The van der Waals surface area contributed by atoms with Gasteiger partial charge in [0.25, 0.3) is 11.8 Å². The zero-order chi connectivity index (χ0) is 41.2. The largest absolute Gasteiger partial charge is 0.488 e. The van der Waals surface area contributed by atoms with Gasteiger partial charge >= 0.3 is 12.2 Å². The van der Waals surface area contributed by atoms with Gasteiger partial charge in [-0.1, -0.05) is 12.1 Å². The summed E-state index contributed by atoms with van der Waals surface area (Å²) in [5.74, 6) is -1.01. The van der Waals surface area contributed by atoms with E-state index in [9.17, 15) is 28.0 Å². The summed E-state index contributed by atoms with van der Waals surface area (Å²) in [6, 6.07) is 15.0. The highest BCUT2D eigenvalue weighted by Gasteiger charge is 2.34. The number of piperazine rings is 2. The highest BCUT2D eigenvalue weighted by atomic mass is 19.1. The third kappa shape index (κ3) is 10.3. The summed E-state index contributed by atoms with van der Waals surface area (Å²) < 4.78 is 46.3. The minimum atomic E-state index is -0.622. The van der Waals surface area contributed by atoms with Crippen molar-refractivity contribution >= 4 is 29.7 Å². The van der Waals surface area contributed by atoms with Crippen molar-refractivity contribution in [3.63, 3.8) is 0 Å². The lowest BCUT2D eigenvalue weighted by atomic mass is 10.00. The molecule has 6 rings (SSSR count). The van der Waals surface area contributed by atoms with E-state index in [0.717, 1.165) is 0 Å². The zero-order valence-corrected chi connectivity index (χ0v) is 33.8. The lowest BCUT2D eigenvalue weighted by Crippen LogP contribution is -2.55. The summed E-state index contributed by atoms with van der Waals surface area (Å²) in [6.07, 6.45) is -0.519. The van der Waals surface area contributed by atoms with Crippen molar-refractivity contribution in [2.75, 3.05) is 63.8 Å². The minimum absolute atomic E-state index is 0.211. The highest BCUT2D eigenvalue weighted by Crippen LogP contribution is 2.34. The number of carbonyl (C=O) groups excluding carboxylic acids is 4. The number of rotatable bonds is 6. The maximum atomic E-state index is 15.0. The van der Waals surface area contributed by atoms with Crippen LogP contribution in [0.5, 0.6) is 5.75 Å². The Morgan fingerprint density at radius 2 is 1.26 bits per heavy atom. The molecule has 0 aliphatic carbocycles. The van der Waals surface area contributed by atoms with Crippen molar-refractivity contribution < 1.29 is 42.2 Å². The average molecular weight is 790 g/mol. The number of anilines is 1. The molecule has 3 fully saturated rings. The Labute approximate surface area is 333 Å². The third-order valence-corrected chi connectivity index (χ3v) is 10.1. The van der Waals surface area contributed by atoms with Crippen LogP contribution in [-0.2, 0) is 9.47 Å². The van der Waals surface area contributed by atoms with E-state index < -0.39 is 35.0 Å². The molecule has 12 nitrogen and oxygen atoms in total. The number of hydrogen-bond acceptors (Lipinski definition) is 8. The van der Waals surface area contributed by atoms with Crippen LogP contribution >= 0.6 is 0 Å². The van der Waals surface area contributed by atoms with E-state index in [1.165, 1.54) is 24.3 Å². The van der Waals surface area contributed by atoms with Gasteiger partial charge in [0.15, 0.2) is 0 Å². The van der Waals surface area contributed by atoms with Crippen LogP contribution in [0, 0.1) is 11.6 Å². The molecule has 306 valence electrons. The van der Waals surface area contributed by atoms with E-state index in [1.807, 2.05) is 53.4 Å². The molecule has 0 saturated carbocycles. The first-order valence-corrected chi connectivity index (χ1v) is 19.5. The van der Waals surface area contributed by atoms with Crippen LogP contribution in [-0.4, -0.2) is 126 Å². The van der Waals surface area contributed by atoms with Gasteiger partial charge < -0.3 is 38.7 Å². The number of ether oxygens (including phenoxy) is 3. The molecule has 3 heterocycles. The third-order valence-electron chi connectivity index (χ3n) is 10.1. The van der Waals surface area contributed by atoms with Gasteiger partial charge in [-0.25, -0.2) is 18.4 Å². The summed E-state index contributed by atoms with van der Waals surface area (Å²) >= 11 is 0. The molecule has 57 heavy (non-hydrogen) atoms. The lowest BCUT2D eigenvalue weighted by molar-refractivity contribution is 0.0238. The van der Waals surface area contributed by atoms with E-state index in [0.29, 0.717) is 73.8 Å². The molecule has 2 atom stereocenters. The molecule has 0 aromatic heterocycles. The molecule has 14 heteroatoms. The molecule has 0 bridgehead atoms. The average Bonchev–Trinajstić information content (AvgIpc) is 3.62. The predicted octanol–water partition coefficient (Wildman–Crippen LogP) is 7.06. The quantitative estimate of drug-likeness (QED) is 0.261. The standard InChI is InChI=1S/C43H53F2N5O7/c1-28-26-48(38(51)31-22-33(45)25-34(23-31)46-16-18-47(19-17-46)40(53)56-42(2,3)4)20-21-50(28)39(52)30-10-13-37(36(24-30)29-8-11-32(44)12-9-29)55-35-14-15-49(27-35)41(54)57-43(5,6)7/h8-13,22-25,28,35H,14-21,26-27H2,1-7H3/t28-,35-/m0/s1. The van der Waals surface area contributed by atoms with Gasteiger partial charge in [-0.3, -0.25) is 9.59 Å². The molecule has 3 aromatic rings. The van der Waals surface area contributed by atoms with Gasteiger partial charge in [-0.05, 0) is 103 Å². The number of halogens is 2. The van der Waals surface area contributed by atoms with Crippen molar-refractivity contribution in [3.05, 3.63) is 83.4 Å². The van der Waals surface area contributed by atoms with Crippen LogP contribution in [0.25, 0.3) is 11.1 Å². The first kappa shape index (κ1) is 41.2. The van der Waals surface area contributed by atoms with Crippen LogP contribution in [0.15, 0.2) is 60.7 Å². The lowest BCUT2D eigenvalue weighted by Gasteiger charge is -2.40. The first-order valence-electron chi connectivity index (χ1n) is 19.5. The minimum Gasteiger partial charge on any atom is -0.488 e. The van der Waals surface area contributed by atoms with Crippen molar-refractivity contribution in [2.24, 2.45) is 0 Å². The van der Waals surface area contributed by atoms with E-state index in [-0.39, 0.29) is 49.2 Å². The van der Waals surface area contributed by atoms with E-state index in [1.54, 1.807) is 56.0 Å². The van der Waals surface area contributed by atoms with Gasteiger partial charge in [-0.2, -0.15) is 0 Å². The molecule has 3 aliphatic heterocycles. The number of nitrogens with zero attached hydrogens (tertiary/aromatic N) is 5. The Morgan fingerprint density at radius 3 is 1.89 bits per heavy atom. The Morgan fingerprint density at radius 1 is 0.632 bits per heavy atom. The molecule has 0 spiro atoms. The molecule has 0 radical (unpaired) electrons. The molecule has 3 aromatic carbocycles. The SMILES string of the molecule is C[C@H]1CN(C(=O)c2cc(F)cc(N3CCN(C(=O)OC(C)(C)C)CC3)c2)CCN1C(=O)c1ccc(O[C@H]2CCN(C(=O)OC(C)(C)C)C2)c(-c2ccc(F)cc2)c1. The van der Waals surface area contributed by atoms with Crippen molar-refractivity contribution in [2.45, 2.75) is 78.2 Å². The summed E-state index contributed by atoms with van der Waals surface area (Å²) in [5, 5.41) is 0. The van der Waals surface area contributed by atoms with Crippen molar-refractivity contribution in [1.29, 1.82) is 0 Å². The number of hydrogen-bond donors (Lipinski definition) is 0. The fourth-order valence-electron chi connectivity index (χ4n) is 7.26. The van der Waals surface area contributed by atoms with Crippen LogP contribution in [0.3, 0.4) is 0 Å². The summed E-state index contributed by atoms with van der Waals surface area (Å²) in [7, 11) is 0. The molecule has 0 N–H and O–H groups in total. The molecular weight excluding hydrogens is 736 g/mol. The van der Waals surface area contributed by atoms with E-state index in [2.05, 4.69) is 0 Å². The Kier molecular flexibility index (Phi) is 12.0. The Hall–Kier alpha value is -5.40. The summed E-state index contributed by atoms with van der Waals surface area (Å²) in [4.78, 5) is 61.6. The summed E-state index contributed by atoms with van der Waals surface area (Å²) in [6.45, 7) is 16.0. The Bertz CT molecular complexity index is 1970. The second-order valence-electron chi connectivity index (χ2n) is 16.9. The molecule has 4 amide bonds. The summed E-state index contributed by atoms with van der Waals surface area (Å²) in [5.41, 5.74) is 1.20. The van der Waals surface area contributed by atoms with Gasteiger partial charge in [0.2, 0.25) is 0 Å². The smallest absolute Gasteiger partial charge is 0.410 e. The monoisotopic (exact) mass is 789 g/mol. The molecule has 3 aliphatic rings. The maximum absolute atomic E-state index is 15.0. The fourth-order valence-corrected chi connectivity index (χ4v) is 7.26. The van der Waals surface area contributed by atoms with E-state index in [4.69, 9.17) is 14.2 Å². The zero-order valence-electron chi connectivity index (χ0n) is 33.8. The molecule has 3 saturated heterocycles. The van der Waals surface area contributed by atoms with Gasteiger partial charge in [0, 0.05) is 87.2 Å². The highest BCUT2D eigenvalue weighted by molar-refractivity contribution is 5.98. The van der Waals surface area contributed by atoms with Gasteiger partial charge in [0.05, 0.1) is 6.54 Å². The van der Waals surface area contributed by atoms with Crippen molar-refractivity contribution in [3.8, 4) is 16.9 Å². The fraction of sp³-hybridized carbons (Fsp3) is 0.488. The van der Waals surface area contributed by atoms with Crippen LogP contribution in [0.2, 0.25) is 0 Å².